The Morgan fingerprint density at radius 3 is 2.32 bits per heavy atom. The highest BCUT2D eigenvalue weighted by molar-refractivity contribution is 5.84. The summed E-state index contributed by atoms with van der Waals surface area (Å²) in [6.07, 6.45) is 0. The second-order valence-electron chi connectivity index (χ2n) is 5.92. The molecule has 1 aromatic carbocycles. The summed E-state index contributed by atoms with van der Waals surface area (Å²) in [4.78, 5) is 14.0. The standard InChI is InChI=1S/C17H29N3O2/c1-5-20(6-2)11-12-22-15-9-7-14(8-10-15)13-19-16(21)17(3,4)18/h7-10H,5-6,11-13,18H2,1-4H3,(H,19,21). The minimum Gasteiger partial charge on any atom is -0.492 e. The zero-order valence-corrected chi connectivity index (χ0v) is 14.2. The minimum absolute atomic E-state index is 0.160. The molecule has 1 aromatic rings. The lowest BCUT2D eigenvalue weighted by atomic mass is 10.1. The Kier molecular flexibility index (Phi) is 7.35. The monoisotopic (exact) mass is 307 g/mol. The van der Waals surface area contributed by atoms with Crippen molar-refractivity contribution >= 4 is 5.91 Å². The first-order valence-electron chi connectivity index (χ1n) is 7.88. The molecule has 0 atom stereocenters. The number of hydrogen-bond donors (Lipinski definition) is 2. The zero-order valence-electron chi connectivity index (χ0n) is 14.2. The maximum absolute atomic E-state index is 11.7. The largest absolute Gasteiger partial charge is 0.492 e. The maximum Gasteiger partial charge on any atom is 0.239 e. The van der Waals surface area contributed by atoms with E-state index in [2.05, 4.69) is 24.1 Å². The van der Waals surface area contributed by atoms with E-state index in [0.717, 1.165) is 30.9 Å². The molecule has 5 heteroatoms. The third-order valence-electron chi connectivity index (χ3n) is 3.53. The van der Waals surface area contributed by atoms with Crippen molar-refractivity contribution in [3.8, 4) is 5.75 Å². The fourth-order valence-corrected chi connectivity index (χ4v) is 1.95. The molecule has 0 unspecified atom stereocenters. The number of benzene rings is 1. The molecular weight excluding hydrogens is 278 g/mol. The Bertz CT molecular complexity index is 448. The number of carbonyl (C=O) groups is 1. The molecule has 0 aliphatic rings. The van der Waals surface area contributed by atoms with Crippen LogP contribution in [0.3, 0.4) is 0 Å². The van der Waals surface area contributed by atoms with Crippen LogP contribution >= 0.6 is 0 Å². The number of likely N-dealkylation sites (N-methyl/N-ethyl adjacent to an activating group) is 1. The molecule has 0 aliphatic heterocycles. The molecule has 0 radical (unpaired) electrons. The molecule has 1 rings (SSSR count). The summed E-state index contributed by atoms with van der Waals surface area (Å²) >= 11 is 0. The molecule has 3 N–H and O–H groups in total. The van der Waals surface area contributed by atoms with Crippen molar-refractivity contribution in [2.45, 2.75) is 39.8 Å². The van der Waals surface area contributed by atoms with Gasteiger partial charge < -0.3 is 20.7 Å². The van der Waals surface area contributed by atoms with Gasteiger partial charge in [0, 0.05) is 13.1 Å². The Morgan fingerprint density at radius 2 is 1.82 bits per heavy atom. The molecule has 0 heterocycles. The average Bonchev–Trinajstić information content (AvgIpc) is 2.49. The molecular formula is C17H29N3O2. The van der Waals surface area contributed by atoms with Crippen LogP contribution in [0.1, 0.15) is 33.3 Å². The van der Waals surface area contributed by atoms with Crippen LogP contribution in [-0.4, -0.2) is 42.6 Å². The summed E-state index contributed by atoms with van der Waals surface area (Å²) in [5, 5.41) is 2.82. The van der Waals surface area contributed by atoms with Gasteiger partial charge in [0.15, 0.2) is 0 Å². The Hall–Kier alpha value is -1.59. The lowest BCUT2D eigenvalue weighted by Crippen LogP contribution is -2.48. The summed E-state index contributed by atoms with van der Waals surface area (Å²) in [7, 11) is 0. The third kappa shape index (κ3) is 6.45. The van der Waals surface area contributed by atoms with Gasteiger partial charge in [-0.15, -0.1) is 0 Å². The van der Waals surface area contributed by atoms with Gasteiger partial charge in [0.2, 0.25) is 5.91 Å². The minimum atomic E-state index is -0.854. The van der Waals surface area contributed by atoms with Crippen LogP contribution in [-0.2, 0) is 11.3 Å². The number of amides is 1. The summed E-state index contributed by atoms with van der Waals surface area (Å²) in [6, 6.07) is 7.77. The highest BCUT2D eigenvalue weighted by atomic mass is 16.5. The molecule has 0 saturated heterocycles. The molecule has 22 heavy (non-hydrogen) atoms. The van der Waals surface area contributed by atoms with E-state index >= 15 is 0 Å². The number of nitrogens with one attached hydrogen (secondary N) is 1. The number of rotatable bonds is 9. The maximum atomic E-state index is 11.7. The first kappa shape index (κ1) is 18.5. The molecule has 1 amide bonds. The SMILES string of the molecule is CCN(CC)CCOc1ccc(CNC(=O)C(C)(C)N)cc1. The number of nitrogens with zero attached hydrogens (tertiary/aromatic N) is 1. The second-order valence-corrected chi connectivity index (χ2v) is 5.92. The van der Waals surface area contributed by atoms with Crippen molar-refractivity contribution in [2.75, 3.05) is 26.2 Å². The first-order valence-corrected chi connectivity index (χ1v) is 7.88. The highest BCUT2D eigenvalue weighted by Crippen LogP contribution is 2.12. The van der Waals surface area contributed by atoms with Crippen molar-refractivity contribution < 1.29 is 9.53 Å². The predicted molar refractivity (Wildman–Crippen MR) is 89.8 cm³/mol. The van der Waals surface area contributed by atoms with Gasteiger partial charge in [-0.2, -0.15) is 0 Å². The van der Waals surface area contributed by atoms with Gasteiger partial charge >= 0.3 is 0 Å². The Labute approximate surface area is 133 Å². The van der Waals surface area contributed by atoms with E-state index in [-0.39, 0.29) is 5.91 Å². The number of carbonyl (C=O) groups excluding carboxylic acids is 1. The second kappa shape index (κ2) is 8.76. The highest BCUT2D eigenvalue weighted by Gasteiger charge is 2.20. The molecule has 0 aliphatic carbocycles. The van der Waals surface area contributed by atoms with Gasteiger partial charge in [-0.05, 0) is 44.6 Å². The fraction of sp³-hybridized carbons (Fsp3) is 0.588. The van der Waals surface area contributed by atoms with E-state index in [1.807, 2.05) is 24.3 Å². The topological polar surface area (TPSA) is 67.6 Å². The zero-order chi connectivity index (χ0) is 16.6. The van der Waals surface area contributed by atoms with Crippen LogP contribution in [0.2, 0.25) is 0 Å². The number of hydrogen-bond acceptors (Lipinski definition) is 4. The normalized spacial score (nSPS) is 11.5. The van der Waals surface area contributed by atoms with Gasteiger partial charge in [-0.25, -0.2) is 0 Å². The van der Waals surface area contributed by atoms with Gasteiger partial charge in [0.05, 0.1) is 5.54 Å². The van der Waals surface area contributed by atoms with E-state index in [4.69, 9.17) is 10.5 Å². The van der Waals surface area contributed by atoms with E-state index in [0.29, 0.717) is 13.2 Å². The summed E-state index contributed by atoms with van der Waals surface area (Å²) in [5.74, 6) is 0.688. The van der Waals surface area contributed by atoms with Crippen molar-refractivity contribution in [1.29, 1.82) is 0 Å². The van der Waals surface area contributed by atoms with Gasteiger partial charge in [0.1, 0.15) is 12.4 Å². The number of ether oxygens (including phenoxy) is 1. The molecule has 0 saturated carbocycles. The molecule has 124 valence electrons. The van der Waals surface area contributed by atoms with Crippen LogP contribution in [0.25, 0.3) is 0 Å². The molecule has 0 fully saturated rings. The van der Waals surface area contributed by atoms with Crippen LogP contribution in [0, 0.1) is 0 Å². The van der Waals surface area contributed by atoms with Crippen molar-refractivity contribution in [3.05, 3.63) is 29.8 Å². The lowest BCUT2D eigenvalue weighted by molar-refractivity contribution is -0.125. The van der Waals surface area contributed by atoms with E-state index < -0.39 is 5.54 Å². The van der Waals surface area contributed by atoms with Gasteiger partial charge in [-0.1, -0.05) is 26.0 Å². The summed E-state index contributed by atoms with van der Waals surface area (Å²) in [6.45, 7) is 11.8. The van der Waals surface area contributed by atoms with Crippen LogP contribution in [0.15, 0.2) is 24.3 Å². The van der Waals surface area contributed by atoms with E-state index in [1.165, 1.54) is 0 Å². The van der Waals surface area contributed by atoms with Crippen LogP contribution in [0.4, 0.5) is 0 Å². The van der Waals surface area contributed by atoms with Crippen LogP contribution < -0.4 is 15.8 Å². The quantitative estimate of drug-likeness (QED) is 0.729. The Balaban J connectivity index is 2.38. The van der Waals surface area contributed by atoms with Crippen molar-refractivity contribution in [3.63, 3.8) is 0 Å². The fourth-order valence-electron chi connectivity index (χ4n) is 1.95. The Morgan fingerprint density at radius 1 is 1.23 bits per heavy atom. The summed E-state index contributed by atoms with van der Waals surface area (Å²) < 4.78 is 5.73. The van der Waals surface area contributed by atoms with E-state index in [9.17, 15) is 4.79 Å². The predicted octanol–water partition coefficient (Wildman–Crippen LogP) is 1.76. The first-order chi connectivity index (χ1) is 10.4. The van der Waals surface area contributed by atoms with Crippen molar-refractivity contribution in [2.24, 2.45) is 5.73 Å². The molecule has 0 aromatic heterocycles. The molecule has 0 bridgehead atoms. The van der Waals surface area contributed by atoms with Gasteiger partial charge in [0.25, 0.3) is 0 Å². The molecule has 0 spiro atoms. The average molecular weight is 307 g/mol. The van der Waals surface area contributed by atoms with Crippen LogP contribution in [0.5, 0.6) is 5.75 Å². The number of nitrogens with two attached hydrogens (primary N) is 1. The van der Waals surface area contributed by atoms with E-state index in [1.54, 1.807) is 13.8 Å². The summed E-state index contributed by atoms with van der Waals surface area (Å²) in [5.41, 5.74) is 5.90. The van der Waals surface area contributed by atoms with Crippen molar-refractivity contribution in [1.82, 2.24) is 10.2 Å². The third-order valence-corrected chi connectivity index (χ3v) is 3.53. The molecule has 5 nitrogen and oxygen atoms in total. The smallest absolute Gasteiger partial charge is 0.239 e. The van der Waals surface area contributed by atoms with Gasteiger partial charge in [-0.3, -0.25) is 4.79 Å². The lowest BCUT2D eigenvalue weighted by Gasteiger charge is -2.18.